The molecule has 0 aromatic heterocycles. The SMILES string of the molecule is O=C1C[C@H]2OC3(CCCCC3)O[C@H]2[C@H](C(CCc2ccccc2)OC(=S)N2CCCC2)C1. The van der Waals surface area contributed by atoms with Crippen molar-refractivity contribution in [1.82, 2.24) is 4.90 Å². The molecule has 6 heteroatoms. The van der Waals surface area contributed by atoms with Gasteiger partial charge in [0.05, 0.1) is 12.2 Å². The largest absolute Gasteiger partial charge is 0.467 e. The Morgan fingerprint density at radius 2 is 1.81 bits per heavy atom. The summed E-state index contributed by atoms with van der Waals surface area (Å²) in [6.45, 7) is 1.92. The lowest BCUT2D eigenvalue weighted by Gasteiger charge is -2.37. The van der Waals surface area contributed by atoms with Gasteiger partial charge >= 0.3 is 0 Å². The highest BCUT2D eigenvalue weighted by Gasteiger charge is 2.55. The van der Waals surface area contributed by atoms with E-state index < -0.39 is 5.79 Å². The number of likely N-dealkylation sites (tertiary alicyclic amines) is 1. The van der Waals surface area contributed by atoms with Crippen molar-refractivity contribution in [3.05, 3.63) is 35.9 Å². The van der Waals surface area contributed by atoms with Gasteiger partial charge in [0.25, 0.3) is 5.17 Å². The number of ether oxygens (including phenoxy) is 3. The maximum atomic E-state index is 12.8. The van der Waals surface area contributed by atoms with Gasteiger partial charge in [0.2, 0.25) is 0 Å². The number of benzene rings is 1. The molecule has 0 bridgehead atoms. The fourth-order valence-corrected chi connectivity index (χ4v) is 6.30. The first kappa shape index (κ1) is 22.3. The summed E-state index contributed by atoms with van der Waals surface area (Å²) in [5.74, 6) is -0.254. The molecule has 1 unspecified atom stereocenters. The van der Waals surface area contributed by atoms with Gasteiger partial charge < -0.3 is 19.1 Å². The van der Waals surface area contributed by atoms with Crippen LogP contribution >= 0.6 is 12.2 Å². The summed E-state index contributed by atoms with van der Waals surface area (Å²) >= 11 is 5.70. The van der Waals surface area contributed by atoms with Crippen LogP contribution in [0.1, 0.15) is 69.8 Å². The minimum Gasteiger partial charge on any atom is -0.467 e. The quantitative estimate of drug-likeness (QED) is 0.592. The molecule has 2 aliphatic heterocycles. The third-order valence-electron chi connectivity index (χ3n) is 7.67. The number of carbonyl (C=O) groups excluding carboxylic acids is 1. The first-order valence-corrected chi connectivity index (χ1v) is 12.9. The molecule has 1 aromatic carbocycles. The van der Waals surface area contributed by atoms with Gasteiger partial charge in [0, 0.05) is 44.7 Å². The standard InChI is InChI=1S/C26H35NO4S/c28-20-17-21(24-23(18-20)30-26(31-24)13-5-2-6-14-26)22(12-11-19-9-3-1-4-10-19)29-25(32)27-15-7-8-16-27/h1,3-4,9-10,21-24H,2,5-8,11-18H2/t21-,22?,23+,24-/m0/s1. The normalized spacial score (nSPS) is 30.3. The summed E-state index contributed by atoms with van der Waals surface area (Å²) in [4.78, 5) is 14.9. The fraction of sp³-hybridized carbons (Fsp3) is 0.692. The first-order valence-electron chi connectivity index (χ1n) is 12.5. The molecule has 0 radical (unpaired) electrons. The fourth-order valence-electron chi connectivity index (χ4n) is 5.99. The maximum absolute atomic E-state index is 12.8. The minimum absolute atomic E-state index is 0.0215. The summed E-state index contributed by atoms with van der Waals surface area (Å²) in [5, 5.41) is 0.585. The molecular formula is C26H35NO4S. The van der Waals surface area contributed by atoms with Gasteiger partial charge in [-0.05, 0) is 56.3 Å². The second kappa shape index (κ2) is 9.78. The van der Waals surface area contributed by atoms with E-state index in [0.717, 1.165) is 64.5 Å². The van der Waals surface area contributed by atoms with Gasteiger partial charge in [0.15, 0.2) is 5.79 Å². The Kier molecular flexibility index (Phi) is 6.81. The lowest BCUT2D eigenvalue weighted by Crippen LogP contribution is -2.47. The summed E-state index contributed by atoms with van der Waals surface area (Å²) in [7, 11) is 0. The minimum atomic E-state index is -0.490. The Balaban J connectivity index is 1.35. The number of nitrogens with zero attached hydrogens (tertiary/aromatic N) is 1. The number of hydrogen-bond donors (Lipinski definition) is 0. The van der Waals surface area contributed by atoms with Crippen LogP contribution in [0.5, 0.6) is 0 Å². The first-order chi connectivity index (χ1) is 15.6. The number of fused-ring (bicyclic) bond motifs is 1. The maximum Gasteiger partial charge on any atom is 0.259 e. The Bertz CT molecular complexity index is 803. The molecule has 1 aromatic rings. The molecule has 2 aliphatic carbocycles. The van der Waals surface area contributed by atoms with Crippen LogP contribution in [0, 0.1) is 5.92 Å². The summed E-state index contributed by atoms with van der Waals surface area (Å²) in [6.07, 6.45) is 9.94. The molecule has 5 rings (SSSR count). The van der Waals surface area contributed by atoms with E-state index in [2.05, 4.69) is 29.2 Å². The highest BCUT2D eigenvalue weighted by molar-refractivity contribution is 7.80. The van der Waals surface area contributed by atoms with Gasteiger partial charge in [-0.15, -0.1) is 0 Å². The van der Waals surface area contributed by atoms with Crippen LogP contribution in [0.3, 0.4) is 0 Å². The molecule has 0 N–H and O–H groups in total. The molecule has 2 saturated heterocycles. The van der Waals surface area contributed by atoms with E-state index in [1.54, 1.807) is 0 Å². The lowest BCUT2D eigenvalue weighted by molar-refractivity contribution is -0.198. The predicted octanol–water partition coefficient (Wildman–Crippen LogP) is 4.81. The molecule has 32 heavy (non-hydrogen) atoms. The van der Waals surface area contributed by atoms with Gasteiger partial charge in [-0.25, -0.2) is 0 Å². The van der Waals surface area contributed by atoms with E-state index in [4.69, 9.17) is 26.4 Å². The van der Waals surface area contributed by atoms with Crippen LogP contribution < -0.4 is 0 Å². The number of carbonyl (C=O) groups is 1. The van der Waals surface area contributed by atoms with Crippen molar-refractivity contribution >= 4 is 23.2 Å². The van der Waals surface area contributed by atoms with Crippen molar-refractivity contribution in [2.75, 3.05) is 13.1 Å². The van der Waals surface area contributed by atoms with Crippen LogP contribution in [0.25, 0.3) is 0 Å². The van der Waals surface area contributed by atoms with Crippen molar-refractivity contribution in [2.45, 2.75) is 94.7 Å². The molecule has 5 nitrogen and oxygen atoms in total. The van der Waals surface area contributed by atoms with Gasteiger partial charge in [0.1, 0.15) is 11.9 Å². The summed E-state index contributed by atoms with van der Waals surface area (Å²) < 4.78 is 19.7. The Labute approximate surface area is 196 Å². The van der Waals surface area contributed by atoms with Gasteiger partial charge in [-0.1, -0.05) is 36.8 Å². The third-order valence-corrected chi connectivity index (χ3v) is 8.02. The number of Topliss-reactive ketones (excluding diaryl/α,β-unsaturated/α-hetero) is 1. The second-order valence-corrected chi connectivity index (χ2v) is 10.3. The molecule has 2 saturated carbocycles. The lowest BCUT2D eigenvalue weighted by atomic mass is 9.78. The smallest absolute Gasteiger partial charge is 0.259 e. The Morgan fingerprint density at radius 3 is 2.56 bits per heavy atom. The molecule has 2 heterocycles. The predicted molar refractivity (Wildman–Crippen MR) is 126 cm³/mol. The van der Waals surface area contributed by atoms with Gasteiger partial charge in [-0.2, -0.15) is 0 Å². The van der Waals surface area contributed by atoms with E-state index >= 15 is 0 Å². The third kappa shape index (κ3) is 4.87. The summed E-state index contributed by atoms with van der Waals surface area (Å²) in [5.41, 5.74) is 1.28. The van der Waals surface area contributed by atoms with Crippen LogP contribution in [0.2, 0.25) is 0 Å². The zero-order chi connectivity index (χ0) is 22.0. The number of rotatable bonds is 5. The van der Waals surface area contributed by atoms with E-state index in [9.17, 15) is 4.79 Å². The zero-order valence-electron chi connectivity index (χ0n) is 18.9. The molecule has 174 valence electrons. The number of ketones is 1. The average Bonchev–Trinajstić information content (AvgIpc) is 3.45. The van der Waals surface area contributed by atoms with Crippen LogP contribution in [-0.2, 0) is 25.4 Å². The van der Waals surface area contributed by atoms with Crippen LogP contribution in [-0.4, -0.2) is 53.0 Å². The van der Waals surface area contributed by atoms with E-state index in [1.807, 2.05) is 6.07 Å². The summed E-state index contributed by atoms with van der Waals surface area (Å²) in [6, 6.07) is 10.5. The number of hydrogen-bond acceptors (Lipinski definition) is 5. The van der Waals surface area contributed by atoms with Crippen molar-refractivity contribution in [3.63, 3.8) is 0 Å². The molecular weight excluding hydrogens is 422 g/mol. The van der Waals surface area contributed by atoms with E-state index in [0.29, 0.717) is 18.0 Å². The molecule has 4 fully saturated rings. The second-order valence-electron chi connectivity index (χ2n) is 9.96. The van der Waals surface area contributed by atoms with Crippen LogP contribution in [0.4, 0.5) is 0 Å². The molecule has 4 aliphatic rings. The molecule has 0 amide bonds. The molecule has 4 atom stereocenters. The molecule has 1 spiro atoms. The van der Waals surface area contributed by atoms with Crippen molar-refractivity contribution < 1.29 is 19.0 Å². The zero-order valence-corrected chi connectivity index (χ0v) is 19.7. The highest BCUT2D eigenvalue weighted by Crippen LogP contribution is 2.47. The van der Waals surface area contributed by atoms with Crippen molar-refractivity contribution in [3.8, 4) is 0 Å². The topological polar surface area (TPSA) is 48.0 Å². The average molecular weight is 458 g/mol. The van der Waals surface area contributed by atoms with Gasteiger partial charge in [-0.3, -0.25) is 4.79 Å². The van der Waals surface area contributed by atoms with E-state index in [-0.39, 0.29) is 30.0 Å². The monoisotopic (exact) mass is 457 g/mol. The van der Waals surface area contributed by atoms with Crippen molar-refractivity contribution in [2.24, 2.45) is 5.92 Å². The highest BCUT2D eigenvalue weighted by atomic mass is 32.1. The Morgan fingerprint density at radius 1 is 1.06 bits per heavy atom. The Hall–Kier alpha value is -1.50. The van der Waals surface area contributed by atoms with Crippen molar-refractivity contribution in [1.29, 1.82) is 0 Å². The number of aryl methyl sites for hydroxylation is 1. The van der Waals surface area contributed by atoms with Crippen LogP contribution in [0.15, 0.2) is 30.3 Å². The number of thiocarbonyl (C=S) groups is 1. The van der Waals surface area contributed by atoms with E-state index in [1.165, 1.54) is 12.0 Å².